The van der Waals surface area contributed by atoms with E-state index in [2.05, 4.69) is 15.3 Å². The van der Waals surface area contributed by atoms with Gasteiger partial charge in [0, 0.05) is 25.6 Å². The molecule has 166 valence electrons. The van der Waals surface area contributed by atoms with Crippen LogP contribution in [0.3, 0.4) is 0 Å². The predicted molar refractivity (Wildman–Crippen MR) is 104 cm³/mol. The normalized spacial score (nSPS) is 27.9. The van der Waals surface area contributed by atoms with E-state index in [1.807, 2.05) is 6.07 Å². The summed E-state index contributed by atoms with van der Waals surface area (Å²) in [6, 6.07) is 1.77. The zero-order valence-electron chi connectivity index (χ0n) is 16.8. The number of anilines is 1. The molecule has 1 aliphatic heterocycles. The van der Waals surface area contributed by atoms with Crippen LogP contribution >= 0.6 is 0 Å². The van der Waals surface area contributed by atoms with E-state index in [1.54, 1.807) is 0 Å². The maximum atomic E-state index is 13.8. The Balaban J connectivity index is 1.72. The first-order valence-corrected chi connectivity index (χ1v) is 11.5. The molecule has 0 spiro atoms. The van der Waals surface area contributed by atoms with Crippen molar-refractivity contribution >= 4 is 16.0 Å². The summed E-state index contributed by atoms with van der Waals surface area (Å²) in [6.07, 6.45) is 0.988. The second kappa shape index (κ2) is 8.20. The molecule has 0 radical (unpaired) electrons. The molecule has 0 bridgehead atoms. The Hall–Kier alpha value is -2.10. The van der Waals surface area contributed by atoms with Gasteiger partial charge in [0.2, 0.25) is 21.9 Å². The number of aliphatic hydroxyl groups is 1. The zero-order chi connectivity index (χ0) is 22.2. The van der Waals surface area contributed by atoms with Gasteiger partial charge in [-0.05, 0) is 26.2 Å². The standard InChI is InChI=1S/C18H25F2N5O4S/c1-17(26)5-6-18(19,20)9-14(17)29-15-12(10-21)11-22-16(24-15)23-13-3-7-25(8-4-13)30(2,27)28/h11,13-14,26H,3-9H2,1-2H3,(H,22,23,24)/t14-,17+/m1/s1. The summed E-state index contributed by atoms with van der Waals surface area (Å²) in [5.74, 6) is -3.00. The molecular weight excluding hydrogens is 420 g/mol. The fourth-order valence-corrected chi connectivity index (χ4v) is 4.48. The molecule has 2 aliphatic rings. The zero-order valence-corrected chi connectivity index (χ0v) is 17.6. The van der Waals surface area contributed by atoms with Crippen LogP contribution in [-0.4, -0.2) is 70.8 Å². The summed E-state index contributed by atoms with van der Waals surface area (Å²) < 4.78 is 57.9. The Labute approximate surface area is 174 Å². The van der Waals surface area contributed by atoms with Crippen LogP contribution in [0.5, 0.6) is 5.88 Å². The smallest absolute Gasteiger partial charge is 0.251 e. The summed E-state index contributed by atoms with van der Waals surface area (Å²) in [5.41, 5.74) is -1.51. The van der Waals surface area contributed by atoms with Crippen LogP contribution in [0.4, 0.5) is 14.7 Å². The van der Waals surface area contributed by atoms with Crippen molar-refractivity contribution in [3.8, 4) is 11.9 Å². The molecule has 9 nitrogen and oxygen atoms in total. The molecule has 0 amide bonds. The number of nitriles is 1. The lowest BCUT2D eigenvalue weighted by molar-refractivity contribution is -0.155. The fraction of sp³-hybridized carbons (Fsp3) is 0.722. The summed E-state index contributed by atoms with van der Waals surface area (Å²) in [4.78, 5) is 8.22. The molecule has 3 rings (SSSR count). The quantitative estimate of drug-likeness (QED) is 0.698. The highest BCUT2D eigenvalue weighted by molar-refractivity contribution is 7.88. The number of alkyl halides is 2. The first-order valence-electron chi connectivity index (χ1n) is 9.65. The van der Waals surface area contributed by atoms with Gasteiger partial charge in [0.05, 0.1) is 24.5 Å². The molecule has 1 saturated heterocycles. The Bertz CT molecular complexity index is 927. The molecule has 1 saturated carbocycles. The lowest BCUT2D eigenvalue weighted by Gasteiger charge is -2.40. The molecule has 0 unspecified atom stereocenters. The highest BCUT2D eigenvalue weighted by Gasteiger charge is 2.48. The Morgan fingerprint density at radius 3 is 2.63 bits per heavy atom. The van der Waals surface area contributed by atoms with Gasteiger partial charge >= 0.3 is 0 Å². The van der Waals surface area contributed by atoms with Crippen LogP contribution in [0, 0.1) is 11.3 Å². The van der Waals surface area contributed by atoms with Gasteiger partial charge in [-0.3, -0.25) is 0 Å². The Kier molecular flexibility index (Phi) is 6.18. The van der Waals surface area contributed by atoms with Gasteiger partial charge in [-0.2, -0.15) is 10.2 Å². The highest BCUT2D eigenvalue weighted by atomic mass is 32.2. The lowest BCUT2D eigenvalue weighted by atomic mass is 9.81. The van der Waals surface area contributed by atoms with Gasteiger partial charge in [-0.1, -0.05) is 0 Å². The van der Waals surface area contributed by atoms with Crippen molar-refractivity contribution in [1.29, 1.82) is 5.26 Å². The van der Waals surface area contributed by atoms with Crippen LogP contribution < -0.4 is 10.1 Å². The van der Waals surface area contributed by atoms with Crippen molar-refractivity contribution in [1.82, 2.24) is 14.3 Å². The highest BCUT2D eigenvalue weighted by Crippen LogP contribution is 2.40. The summed E-state index contributed by atoms with van der Waals surface area (Å²) in [6.45, 7) is 2.14. The van der Waals surface area contributed by atoms with E-state index in [9.17, 15) is 27.6 Å². The number of rotatable bonds is 5. The van der Waals surface area contributed by atoms with Gasteiger partial charge in [-0.25, -0.2) is 26.5 Å². The maximum absolute atomic E-state index is 13.8. The van der Waals surface area contributed by atoms with E-state index in [-0.39, 0.29) is 29.9 Å². The van der Waals surface area contributed by atoms with Crippen LogP contribution in [0.15, 0.2) is 6.20 Å². The molecule has 30 heavy (non-hydrogen) atoms. The number of nitrogens with zero attached hydrogens (tertiary/aromatic N) is 4. The first-order chi connectivity index (χ1) is 13.9. The van der Waals surface area contributed by atoms with Crippen LogP contribution in [0.25, 0.3) is 0 Å². The number of aromatic nitrogens is 2. The van der Waals surface area contributed by atoms with Crippen molar-refractivity contribution in [3.63, 3.8) is 0 Å². The molecule has 2 atom stereocenters. The number of halogens is 2. The van der Waals surface area contributed by atoms with E-state index < -0.39 is 40.5 Å². The molecule has 2 fully saturated rings. The minimum atomic E-state index is -3.24. The van der Waals surface area contributed by atoms with E-state index in [4.69, 9.17) is 4.74 Å². The predicted octanol–water partition coefficient (Wildman–Crippen LogP) is 1.50. The fourth-order valence-electron chi connectivity index (χ4n) is 3.61. The van der Waals surface area contributed by atoms with Gasteiger partial charge in [0.1, 0.15) is 17.7 Å². The average molecular weight is 445 g/mol. The number of hydrogen-bond acceptors (Lipinski definition) is 8. The van der Waals surface area contributed by atoms with E-state index in [1.165, 1.54) is 17.4 Å². The molecule has 2 heterocycles. The first kappa shape index (κ1) is 22.6. The summed E-state index contributed by atoms with van der Waals surface area (Å²) in [7, 11) is -3.24. The molecular formula is C18H25F2N5O4S. The van der Waals surface area contributed by atoms with E-state index in [0.29, 0.717) is 25.9 Å². The molecule has 1 aromatic heterocycles. The Morgan fingerprint density at radius 2 is 2.03 bits per heavy atom. The third-order valence-corrected chi connectivity index (χ3v) is 6.86. The van der Waals surface area contributed by atoms with Gasteiger partial charge in [-0.15, -0.1) is 0 Å². The number of nitrogens with one attached hydrogen (secondary N) is 1. The van der Waals surface area contributed by atoms with Crippen molar-refractivity contribution < 1.29 is 27.0 Å². The molecule has 2 N–H and O–H groups in total. The number of hydrogen-bond donors (Lipinski definition) is 2. The monoisotopic (exact) mass is 445 g/mol. The largest absolute Gasteiger partial charge is 0.470 e. The SMILES string of the molecule is C[C@]1(O)CCC(F)(F)C[C@H]1Oc1nc(NC2CCN(S(C)(=O)=O)CC2)ncc1C#N. The Morgan fingerprint density at radius 1 is 1.37 bits per heavy atom. The van der Waals surface area contributed by atoms with Crippen LogP contribution in [0.1, 0.15) is 44.6 Å². The molecule has 1 aromatic rings. The van der Waals surface area contributed by atoms with Gasteiger partial charge in [0.15, 0.2) is 0 Å². The number of sulfonamides is 1. The van der Waals surface area contributed by atoms with Gasteiger partial charge in [0.25, 0.3) is 5.92 Å². The number of ether oxygens (including phenoxy) is 1. The molecule has 1 aliphatic carbocycles. The maximum Gasteiger partial charge on any atom is 0.251 e. The minimum absolute atomic E-state index is 0.0304. The summed E-state index contributed by atoms with van der Waals surface area (Å²) >= 11 is 0. The average Bonchev–Trinajstić information content (AvgIpc) is 2.65. The minimum Gasteiger partial charge on any atom is -0.470 e. The van der Waals surface area contributed by atoms with E-state index >= 15 is 0 Å². The topological polar surface area (TPSA) is 128 Å². The lowest BCUT2D eigenvalue weighted by Crippen LogP contribution is -2.51. The third-order valence-electron chi connectivity index (χ3n) is 5.56. The number of piperidine rings is 1. The van der Waals surface area contributed by atoms with Crippen molar-refractivity contribution in [2.75, 3.05) is 24.7 Å². The second-order valence-electron chi connectivity index (χ2n) is 8.13. The van der Waals surface area contributed by atoms with Crippen LogP contribution in [0.2, 0.25) is 0 Å². The van der Waals surface area contributed by atoms with E-state index in [0.717, 1.165) is 6.26 Å². The second-order valence-corrected chi connectivity index (χ2v) is 10.1. The van der Waals surface area contributed by atoms with Crippen LogP contribution in [-0.2, 0) is 10.0 Å². The molecule has 0 aromatic carbocycles. The van der Waals surface area contributed by atoms with Gasteiger partial charge < -0.3 is 15.2 Å². The summed E-state index contributed by atoms with van der Waals surface area (Å²) in [5, 5.41) is 22.8. The third kappa shape index (κ3) is 5.33. The van der Waals surface area contributed by atoms with Crippen molar-refractivity contribution in [2.24, 2.45) is 0 Å². The van der Waals surface area contributed by atoms with Crippen molar-refractivity contribution in [2.45, 2.75) is 62.7 Å². The molecule has 12 heteroatoms. The van der Waals surface area contributed by atoms with Crippen molar-refractivity contribution in [3.05, 3.63) is 11.8 Å².